The molecule has 1 aromatic carbocycles. The minimum atomic E-state index is -0.258. The van der Waals surface area contributed by atoms with Gasteiger partial charge in [0.1, 0.15) is 5.82 Å². The van der Waals surface area contributed by atoms with Crippen LogP contribution < -0.4 is 5.73 Å². The number of hydrogen-bond donors (Lipinski definition) is 1. The summed E-state index contributed by atoms with van der Waals surface area (Å²) in [6, 6.07) is 5.49. The van der Waals surface area contributed by atoms with Crippen molar-refractivity contribution in [3.8, 4) is 0 Å². The third-order valence-corrected chi connectivity index (χ3v) is 3.81. The molecule has 108 valence electrons. The smallest absolute Gasteiger partial charge is 0.137 e. The first-order chi connectivity index (χ1) is 9.01. The van der Waals surface area contributed by atoms with Crippen molar-refractivity contribution < 1.29 is 9.13 Å². The van der Waals surface area contributed by atoms with E-state index in [0.717, 1.165) is 12.1 Å². The van der Waals surface area contributed by atoms with Gasteiger partial charge in [0.2, 0.25) is 0 Å². The molecule has 0 aliphatic carbocycles. The van der Waals surface area contributed by atoms with Gasteiger partial charge in [0.05, 0.1) is 11.1 Å². The van der Waals surface area contributed by atoms with E-state index in [1.807, 2.05) is 6.07 Å². The normalized spacial score (nSPS) is 13.3. The van der Waals surface area contributed by atoms with Crippen molar-refractivity contribution in [2.75, 3.05) is 26.8 Å². The zero-order valence-corrected chi connectivity index (χ0v) is 13.3. The molecule has 1 aromatic rings. The highest BCUT2D eigenvalue weighted by atomic mass is 79.9. The van der Waals surface area contributed by atoms with E-state index in [4.69, 9.17) is 10.5 Å². The maximum absolute atomic E-state index is 13.7. The third kappa shape index (κ3) is 4.53. The molecule has 0 saturated carbocycles. The van der Waals surface area contributed by atoms with Gasteiger partial charge in [-0.15, -0.1) is 0 Å². The Balaban J connectivity index is 2.97. The van der Waals surface area contributed by atoms with Crippen LogP contribution in [0, 0.1) is 5.82 Å². The largest absolute Gasteiger partial charge is 0.383 e. The average Bonchev–Trinajstić information content (AvgIpc) is 2.37. The Bertz CT molecular complexity index is 401. The van der Waals surface area contributed by atoms with Gasteiger partial charge in [-0.1, -0.05) is 6.07 Å². The number of hydrogen-bond acceptors (Lipinski definition) is 3. The van der Waals surface area contributed by atoms with E-state index in [0.29, 0.717) is 23.7 Å². The molecular formula is C14H22BrFN2O. The third-order valence-electron chi connectivity index (χ3n) is 3.17. The van der Waals surface area contributed by atoms with Crippen LogP contribution in [0.15, 0.2) is 22.7 Å². The predicted molar refractivity (Wildman–Crippen MR) is 79.6 cm³/mol. The van der Waals surface area contributed by atoms with Crippen molar-refractivity contribution >= 4 is 15.9 Å². The highest BCUT2D eigenvalue weighted by Gasteiger charge is 2.22. The predicted octanol–water partition coefficient (Wildman–Crippen LogP) is 2.94. The van der Waals surface area contributed by atoms with Gasteiger partial charge in [0, 0.05) is 32.3 Å². The lowest BCUT2D eigenvalue weighted by atomic mass is 10.0. The molecule has 1 atom stereocenters. The molecule has 0 saturated heterocycles. The van der Waals surface area contributed by atoms with Crippen LogP contribution in [0.25, 0.3) is 0 Å². The first-order valence-electron chi connectivity index (χ1n) is 6.41. The number of halogens is 2. The zero-order chi connectivity index (χ0) is 14.4. The van der Waals surface area contributed by atoms with Gasteiger partial charge in [-0.3, -0.25) is 4.90 Å². The lowest BCUT2D eigenvalue weighted by Crippen LogP contribution is -2.40. The first-order valence-corrected chi connectivity index (χ1v) is 7.20. The molecule has 3 nitrogen and oxygen atoms in total. The van der Waals surface area contributed by atoms with Crippen molar-refractivity contribution in [3.05, 3.63) is 34.1 Å². The monoisotopic (exact) mass is 332 g/mol. The second kappa shape index (κ2) is 7.94. The van der Waals surface area contributed by atoms with Crippen molar-refractivity contribution in [3.63, 3.8) is 0 Å². The van der Waals surface area contributed by atoms with E-state index < -0.39 is 0 Å². The molecule has 0 fully saturated rings. The molecule has 5 heteroatoms. The highest BCUT2D eigenvalue weighted by Crippen LogP contribution is 2.25. The van der Waals surface area contributed by atoms with Crippen molar-refractivity contribution in [2.24, 2.45) is 5.73 Å². The Labute approximate surface area is 123 Å². The fraction of sp³-hybridized carbons (Fsp3) is 0.571. The van der Waals surface area contributed by atoms with Crippen LogP contribution in [0.3, 0.4) is 0 Å². The molecule has 0 aromatic heterocycles. The Morgan fingerprint density at radius 1 is 1.42 bits per heavy atom. The second-order valence-corrected chi connectivity index (χ2v) is 5.60. The van der Waals surface area contributed by atoms with E-state index in [2.05, 4.69) is 34.7 Å². The topological polar surface area (TPSA) is 38.5 Å². The van der Waals surface area contributed by atoms with Crippen LogP contribution in [-0.2, 0) is 4.74 Å². The zero-order valence-electron chi connectivity index (χ0n) is 11.7. The first kappa shape index (κ1) is 16.6. The van der Waals surface area contributed by atoms with Gasteiger partial charge in [-0.2, -0.15) is 0 Å². The number of nitrogens with two attached hydrogens (primary N) is 1. The minimum absolute atomic E-state index is 0.00208. The van der Waals surface area contributed by atoms with Crippen LogP contribution in [-0.4, -0.2) is 37.7 Å². The summed E-state index contributed by atoms with van der Waals surface area (Å²) in [6.07, 6.45) is 0. The fourth-order valence-corrected chi connectivity index (χ4v) is 2.40. The van der Waals surface area contributed by atoms with E-state index in [-0.39, 0.29) is 11.9 Å². The number of benzene rings is 1. The molecule has 2 N–H and O–H groups in total. The Hall–Kier alpha value is -0.490. The molecular weight excluding hydrogens is 311 g/mol. The quantitative estimate of drug-likeness (QED) is 0.834. The molecule has 1 rings (SSSR count). The summed E-state index contributed by atoms with van der Waals surface area (Å²) < 4.78 is 19.3. The average molecular weight is 333 g/mol. The molecule has 0 radical (unpaired) electrons. The van der Waals surface area contributed by atoms with Gasteiger partial charge < -0.3 is 10.5 Å². The molecule has 0 heterocycles. The molecule has 19 heavy (non-hydrogen) atoms. The fourth-order valence-electron chi connectivity index (χ4n) is 2.15. The molecule has 1 unspecified atom stereocenters. The van der Waals surface area contributed by atoms with Crippen molar-refractivity contribution in [1.29, 1.82) is 0 Å². The second-order valence-electron chi connectivity index (χ2n) is 4.75. The van der Waals surface area contributed by atoms with Gasteiger partial charge in [0.15, 0.2) is 0 Å². The highest BCUT2D eigenvalue weighted by molar-refractivity contribution is 9.10. The van der Waals surface area contributed by atoms with Crippen LogP contribution in [0.1, 0.15) is 25.5 Å². The molecule has 0 amide bonds. The molecule has 0 aliphatic heterocycles. The molecule has 0 bridgehead atoms. The summed E-state index contributed by atoms with van der Waals surface area (Å²) in [4.78, 5) is 2.23. The minimum Gasteiger partial charge on any atom is -0.383 e. The Morgan fingerprint density at radius 3 is 2.58 bits per heavy atom. The Morgan fingerprint density at radius 2 is 2.11 bits per heavy atom. The van der Waals surface area contributed by atoms with E-state index >= 15 is 0 Å². The van der Waals surface area contributed by atoms with E-state index in [1.165, 1.54) is 0 Å². The lowest BCUT2D eigenvalue weighted by Gasteiger charge is -2.34. The van der Waals surface area contributed by atoms with Crippen LogP contribution >= 0.6 is 15.9 Å². The van der Waals surface area contributed by atoms with Gasteiger partial charge in [0.25, 0.3) is 0 Å². The van der Waals surface area contributed by atoms with E-state index in [1.54, 1.807) is 19.2 Å². The number of nitrogens with zero attached hydrogens (tertiary/aromatic N) is 1. The Kier molecular flexibility index (Phi) is 6.93. The van der Waals surface area contributed by atoms with Crippen LogP contribution in [0.2, 0.25) is 0 Å². The van der Waals surface area contributed by atoms with Crippen molar-refractivity contribution in [2.45, 2.75) is 25.9 Å². The summed E-state index contributed by atoms with van der Waals surface area (Å²) in [7, 11) is 1.68. The van der Waals surface area contributed by atoms with Crippen LogP contribution in [0.4, 0.5) is 4.39 Å². The molecule has 0 spiro atoms. The molecule has 0 aliphatic rings. The summed E-state index contributed by atoms with van der Waals surface area (Å²) in [6.45, 7) is 6.06. The summed E-state index contributed by atoms with van der Waals surface area (Å²) in [5, 5.41) is 0. The van der Waals surface area contributed by atoms with Gasteiger partial charge in [-0.25, -0.2) is 4.39 Å². The summed E-state index contributed by atoms with van der Waals surface area (Å²) >= 11 is 3.17. The van der Waals surface area contributed by atoms with Crippen LogP contribution in [0.5, 0.6) is 0 Å². The maximum atomic E-state index is 13.7. The summed E-state index contributed by atoms with van der Waals surface area (Å²) in [5.41, 5.74) is 6.78. The standard InChI is InChI=1S/C14H22BrFN2O/c1-10(2)18(6-7-19-3)14(9-17)11-4-5-12(15)13(16)8-11/h4-5,8,10,14H,6-7,9,17H2,1-3H3. The maximum Gasteiger partial charge on any atom is 0.137 e. The van der Waals surface area contributed by atoms with Gasteiger partial charge >= 0.3 is 0 Å². The SMILES string of the molecule is COCCN(C(C)C)C(CN)c1ccc(Br)c(F)c1. The van der Waals surface area contributed by atoms with E-state index in [9.17, 15) is 4.39 Å². The number of rotatable bonds is 7. The number of methoxy groups -OCH3 is 1. The lowest BCUT2D eigenvalue weighted by molar-refractivity contribution is 0.0978. The number of ether oxygens (including phenoxy) is 1. The van der Waals surface area contributed by atoms with Crippen molar-refractivity contribution in [1.82, 2.24) is 4.90 Å². The summed E-state index contributed by atoms with van der Waals surface area (Å²) in [5.74, 6) is -0.258. The van der Waals surface area contributed by atoms with Gasteiger partial charge in [-0.05, 0) is 47.5 Å².